The molecule has 2 rings (SSSR count). The summed E-state index contributed by atoms with van der Waals surface area (Å²) in [7, 11) is 0. The van der Waals surface area contributed by atoms with Gasteiger partial charge in [-0.05, 0) is 29.7 Å². The number of nitrogens with two attached hydrogens (primary N) is 1. The summed E-state index contributed by atoms with van der Waals surface area (Å²) in [4.78, 5) is 11.4. The normalized spacial score (nSPS) is 10.1. The van der Waals surface area contributed by atoms with Crippen molar-refractivity contribution in [1.29, 1.82) is 0 Å². The van der Waals surface area contributed by atoms with Crippen LogP contribution in [0.2, 0.25) is 0 Å². The molecule has 0 heterocycles. The van der Waals surface area contributed by atoms with E-state index >= 15 is 0 Å². The zero-order chi connectivity index (χ0) is 13.0. The third-order valence-electron chi connectivity index (χ3n) is 2.69. The molecule has 2 aromatic carbocycles. The number of benzene rings is 2. The van der Waals surface area contributed by atoms with Crippen LogP contribution in [0.15, 0.2) is 48.5 Å². The molecule has 0 bridgehead atoms. The average molecular weight is 242 g/mol. The molecular weight excluding hydrogens is 228 g/mol. The second-order valence-corrected chi connectivity index (χ2v) is 3.99. The molecule has 0 spiro atoms. The highest BCUT2D eigenvalue weighted by molar-refractivity contribution is 5.96. The Kier molecular flexibility index (Phi) is 3.60. The zero-order valence-corrected chi connectivity index (χ0v) is 9.76. The number of phenols is 1. The van der Waals surface area contributed by atoms with Gasteiger partial charge >= 0.3 is 0 Å². The molecule has 0 unspecified atom stereocenters. The number of nitrogens with one attached hydrogen (secondary N) is 1. The summed E-state index contributed by atoms with van der Waals surface area (Å²) in [5, 5.41) is 9.59. The van der Waals surface area contributed by atoms with E-state index in [1.54, 1.807) is 12.1 Å². The van der Waals surface area contributed by atoms with Crippen molar-refractivity contribution in [3.63, 3.8) is 0 Å². The van der Waals surface area contributed by atoms with Gasteiger partial charge in [-0.1, -0.05) is 36.4 Å². The smallest absolute Gasteiger partial charge is 0.268 e. The monoisotopic (exact) mass is 242 g/mol. The van der Waals surface area contributed by atoms with Gasteiger partial charge in [0.05, 0.1) is 5.56 Å². The van der Waals surface area contributed by atoms with E-state index in [4.69, 9.17) is 5.84 Å². The van der Waals surface area contributed by atoms with Gasteiger partial charge < -0.3 is 5.11 Å². The average Bonchev–Trinajstić information content (AvgIpc) is 2.41. The highest BCUT2D eigenvalue weighted by atomic mass is 16.3. The van der Waals surface area contributed by atoms with Crippen molar-refractivity contribution in [2.45, 2.75) is 6.42 Å². The van der Waals surface area contributed by atoms with Gasteiger partial charge in [-0.2, -0.15) is 0 Å². The van der Waals surface area contributed by atoms with Crippen LogP contribution in [0, 0.1) is 0 Å². The van der Waals surface area contributed by atoms with Crippen LogP contribution in [0.4, 0.5) is 0 Å². The number of amides is 1. The summed E-state index contributed by atoms with van der Waals surface area (Å²) in [5.41, 5.74) is 4.28. The number of rotatable bonds is 3. The summed E-state index contributed by atoms with van der Waals surface area (Å²) in [6.07, 6.45) is 0.700. The Bertz CT molecular complexity index is 553. The fraction of sp³-hybridized carbons (Fsp3) is 0.0714. The molecule has 0 aliphatic heterocycles. The molecule has 1 amide bonds. The topological polar surface area (TPSA) is 75.3 Å². The van der Waals surface area contributed by atoms with Gasteiger partial charge in [0, 0.05) is 0 Å². The predicted octanol–water partition coefficient (Wildman–Crippen LogP) is 1.59. The van der Waals surface area contributed by atoms with Gasteiger partial charge in [0.25, 0.3) is 5.91 Å². The summed E-state index contributed by atoms with van der Waals surface area (Å²) in [6.45, 7) is 0. The van der Waals surface area contributed by atoms with Crippen molar-refractivity contribution in [2.24, 2.45) is 5.84 Å². The first-order valence-electron chi connectivity index (χ1n) is 5.57. The molecule has 0 fully saturated rings. The van der Waals surface area contributed by atoms with Crippen LogP contribution in [0.3, 0.4) is 0 Å². The first kappa shape index (κ1) is 12.1. The van der Waals surface area contributed by atoms with E-state index in [0.717, 1.165) is 11.1 Å². The lowest BCUT2D eigenvalue weighted by Gasteiger charge is -2.07. The van der Waals surface area contributed by atoms with Crippen LogP contribution in [0.1, 0.15) is 21.5 Å². The lowest BCUT2D eigenvalue weighted by molar-refractivity contribution is 0.0951. The number of aromatic hydroxyl groups is 1. The van der Waals surface area contributed by atoms with Crippen molar-refractivity contribution >= 4 is 5.91 Å². The van der Waals surface area contributed by atoms with E-state index in [2.05, 4.69) is 0 Å². The number of carbonyl (C=O) groups excluding carboxylic acids is 1. The van der Waals surface area contributed by atoms with E-state index in [1.807, 2.05) is 35.8 Å². The lowest BCUT2D eigenvalue weighted by atomic mass is 10.0. The van der Waals surface area contributed by atoms with Crippen molar-refractivity contribution < 1.29 is 9.90 Å². The molecule has 4 nitrogen and oxygen atoms in total. The SMILES string of the molecule is NNC(=O)c1cc(Cc2ccccc2)ccc1O. The quantitative estimate of drug-likeness (QED) is 0.434. The summed E-state index contributed by atoms with van der Waals surface area (Å²) in [5.74, 6) is 4.49. The second kappa shape index (κ2) is 5.33. The Balaban J connectivity index is 2.27. The van der Waals surface area contributed by atoms with Crippen molar-refractivity contribution in [1.82, 2.24) is 5.43 Å². The lowest BCUT2D eigenvalue weighted by Crippen LogP contribution is -2.30. The Morgan fingerprint density at radius 2 is 1.83 bits per heavy atom. The maximum absolute atomic E-state index is 11.4. The second-order valence-electron chi connectivity index (χ2n) is 3.99. The first-order chi connectivity index (χ1) is 8.70. The minimum atomic E-state index is -0.498. The molecule has 0 atom stereocenters. The van der Waals surface area contributed by atoms with Crippen molar-refractivity contribution in [2.75, 3.05) is 0 Å². The molecule has 0 aliphatic rings. The Morgan fingerprint density at radius 1 is 1.11 bits per heavy atom. The summed E-state index contributed by atoms with van der Waals surface area (Å²) >= 11 is 0. The first-order valence-corrected chi connectivity index (χ1v) is 5.57. The largest absolute Gasteiger partial charge is 0.507 e. The van der Waals surface area contributed by atoms with Crippen LogP contribution in [0.5, 0.6) is 5.75 Å². The third-order valence-corrected chi connectivity index (χ3v) is 2.69. The molecule has 0 radical (unpaired) electrons. The van der Waals surface area contributed by atoms with Crippen LogP contribution < -0.4 is 11.3 Å². The standard InChI is InChI=1S/C14H14N2O2/c15-16-14(18)12-9-11(6-7-13(12)17)8-10-4-2-1-3-5-10/h1-7,9,17H,8,15H2,(H,16,18). The fourth-order valence-corrected chi connectivity index (χ4v) is 1.78. The number of phenolic OH excluding ortho intramolecular Hbond substituents is 1. The molecule has 2 aromatic rings. The van der Waals surface area contributed by atoms with Gasteiger partial charge in [0.2, 0.25) is 0 Å². The highest BCUT2D eigenvalue weighted by Crippen LogP contribution is 2.20. The molecule has 4 heteroatoms. The van der Waals surface area contributed by atoms with E-state index in [9.17, 15) is 9.90 Å². The van der Waals surface area contributed by atoms with E-state index in [-0.39, 0.29) is 11.3 Å². The van der Waals surface area contributed by atoms with E-state index in [1.165, 1.54) is 6.07 Å². The Morgan fingerprint density at radius 3 is 2.50 bits per heavy atom. The van der Waals surface area contributed by atoms with Crippen molar-refractivity contribution in [3.05, 3.63) is 65.2 Å². The van der Waals surface area contributed by atoms with E-state index in [0.29, 0.717) is 6.42 Å². The number of hydrazine groups is 1. The highest BCUT2D eigenvalue weighted by Gasteiger charge is 2.10. The van der Waals surface area contributed by atoms with Crippen LogP contribution in [0.25, 0.3) is 0 Å². The molecule has 0 saturated heterocycles. The molecule has 4 N–H and O–H groups in total. The summed E-state index contributed by atoms with van der Waals surface area (Å²) in [6, 6.07) is 14.8. The van der Waals surface area contributed by atoms with Gasteiger partial charge in [-0.25, -0.2) is 5.84 Å². The van der Waals surface area contributed by atoms with Gasteiger partial charge in [0.15, 0.2) is 0 Å². The van der Waals surface area contributed by atoms with Crippen LogP contribution in [-0.4, -0.2) is 11.0 Å². The third kappa shape index (κ3) is 2.67. The molecule has 0 aliphatic carbocycles. The van der Waals surface area contributed by atoms with Crippen LogP contribution >= 0.6 is 0 Å². The zero-order valence-electron chi connectivity index (χ0n) is 9.76. The minimum absolute atomic E-state index is 0.0743. The molecule has 92 valence electrons. The molecule has 18 heavy (non-hydrogen) atoms. The fourth-order valence-electron chi connectivity index (χ4n) is 1.78. The molecular formula is C14H14N2O2. The number of hydrogen-bond acceptors (Lipinski definition) is 3. The maximum atomic E-state index is 11.4. The number of nitrogen functional groups attached to an aromatic ring is 1. The van der Waals surface area contributed by atoms with E-state index < -0.39 is 5.91 Å². The van der Waals surface area contributed by atoms with Crippen LogP contribution in [-0.2, 0) is 6.42 Å². The Hall–Kier alpha value is -2.33. The molecule has 0 aromatic heterocycles. The van der Waals surface area contributed by atoms with Gasteiger partial charge in [-0.3, -0.25) is 10.2 Å². The van der Waals surface area contributed by atoms with Gasteiger partial charge in [-0.15, -0.1) is 0 Å². The maximum Gasteiger partial charge on any atom is 0.268 e. The predicted molar refractivity (Wildman–Crippen MR) is 69.0 cm³/mol. The Labute approximate surface area is 105 Å². The van der Waals surface area contributed by atoms with Gasteiger partial charge in [0.1, 0.15) is 5.75 Å². The number of hydrogen-bond donors (Lipinski definition) is 3. The minimum Gasteiger partial charge on any atom is -0.507 e. The number of carbonyl (C=O) groups is 1. The molecule has 0 saturated carbocycles. The summed E-state index contributed by atoms with van der Waals surface area (Å²) < 4.78 is 0. The van der Waals surface area contributed by atoms with Crippen molar-refractivity contribution in [3.8, 4) is 5.75 Å².